The molecule has 3 heteroatoms. The molecule has 0 saturated heterocycles. The van der Waals surface area contributed by atoms with Crippen molar-refractivity contribution in [2.75, 3.05) is 6.54 Å². The number of nitrogens with one attached hydrogen (secondary N) is 1. The maximum atomic E-state index is 13.4. The Labute approximate surface area is 94.6 Å². The van der Waals surface area contributed by atoms with E-state index in [4.69, 9.17) is 11.6 Å². The molecule has 0 spiro atoms. The second-order valence-corrected chi connectivity index (χ2v) is 4.53. The Bertz CT molecular complexity index is 336. The average Bonchev–Trinajstić information content (AvgIpc) is 3.02. The Hall–Kier alpha value is -0.600. The van der Waals surface area contributed by atoms with Crippen LogP contribution in [0.1, 0.15) is 24.8 Å². The lowest BCUT2D eigenvalue weighted by molar-refractivity contribution is 0.571. The van der Waals surface area contributed by atoms with Crippen LogP contribution in [0.4, 0.5) is 4.39 Å². The summed E-state index contributed by atoms with van der Waals surface area (Å²) in [5, 5.41) is 3.45. The van der Waals surface area contributed by atoms with Gasteiger partial charge in [0.2, 0.25) is 0 Å². The first-order chi connectivity index (χ1) is 7.27. The average molecular weight is 228 g/mol. The van der Waals surface area contributed by atoms with Gasteiger partial charge in [0.15, 0.2) is 0 Å². The fourth-order valence-electron chi connectivity index (χ4n) is 1.62. The SMILES string of the molecule is Fc1c(Cl)cccc1CNCCC1CC1. The summed E-state index contributed by atoms with van der Waals surface area (Å²) in [6, 6.07) is 5.12. The Morgan fingerprint density at radius 3 is 2.93 bits per heavy atom. The molecule has 2 rings (SSSR count). The summed E-state index contributed by atoms with van der Waals surface area (Å²) < 4.78 is 13.4. The molecule has 0 unspecified atom stereocenters. The van der Waals surface area contributed by atoms with E-state index in [0.29, 0.717) is 12.1 Å². The summed E-state index contributed by atoms with van der Waals surface area (Å²) in [5.74, 6) is 0.625. The Kier molecular flexibility index (Phi) is 3.60. The van der Waals surface area contributed by atoms with Gasteiger partial charge in [-0.05, 0) is 24.9 Å². The van der Waals surface area contributed by atoms with Gasteiger partial charge in [0.1, 0.15) is 5.82 Å². The van der Waals surface area contributed by atoms with Crippen LogP contribution in [0.2, 0.25) is 5.02 Å². The van der Waals surface area contributed by atoms with Crippen LogP contribution in [0.25, 0.3) is 0 Å². The van der Waals surface area contributed by atoms with Gasteiger partial charge in [0.05, 0.1) is 5.02 Å². The highest BCUT2D eigenvalue weighted by molar-refractivity contribution is 6.30. The molecule has 0 atom stereocenters. The van der Waals surface area contributed by atoms with Gasteiger partial charge in [-0.25, -0.2) is 4.39 Å². The maximum Gasteiger partial charge on any atom is 0.146 e. The zero-order valence-electron chi connectivity index (χ0n) is 8.60. The van der Waals surface area contributed by atoms with Crippen LogP contribution < -0.4 is 5.32 Å². The maximum absolute atomic E-state index is 13.4. The molecule has 15 heavy (non-hydrogen) atoms. The van der Waals surface area contributed by atoms with E-state index in [1.54, 1.807) is 18.2 Å². The highest BCUT2D eigenvalue weighted by atomic mass is 35.5. The van der Waals surface area contributed by atoms with Gasteiger partial charge in [-0.2, -0.15) is 0 Å². The molecular formula is C12H15ClFN. The molecule has 0 radical (unpaired) electrons. The summed E-state index contributed by atoms with van der Waals surface area (Å²) in [6.07, 6.45) is 3.95. The van der Waals surface area contributed by atoms with Crippen LogP contribution in [0.5, 0.6) is 0 Å². The van der Waals surface area contributed by atoms with E-state index in [-0.39, 0.29) is 10.8 Å². The van der Waals surface area contributed by atoms with Gasteiger partial charge in [-0.1, -0.05) is 36.6 Å². The van der Waals surface area contributed by atoms with E-state index in [1.807, 2.05) is 0 Å². The number of halogens is 2. The van der Waals surface area contributed by atoms with E-state index in [1.165, 1.54) is 19.3 Å². The minimum absolute atomic E-state index is 0.205. The molecule has 0 aromatic heterocycles. The quantitative estimate of drug-likeness (QED) is 0.761. The molecule has 0 amide bonds. The molecule has 1 fully saturated rings. The third-order valence-electron chi connectivity index (χ3n) is 2.77. The number of rotatable bonds is 5. The molecule has 1 nitrogen and oxygen atoms in total. The first-order valence-corrected chi connectivity index (χ1v) is 5.79. The van der Waals surface area contributed by atoms with Gasteiger partial charge in [0.25, 0.3) is 0 Å². The summed E-state index contributed by atoms with van der Waals surface area (Å²) in [4.78, 5) is 0. The molecule has 0 aliphatic heterocycles. The normalized spacial score (nSPS) is 15.6. The fourth-order valence-corrected chi connectivity index (χ4v) is 1.81. The van der Waals surface area contributed by atoms with Gasteiger partial charge in [-0.3, -0.25) is 0 Å². The van der Waals surface area contributed by atoms with Crippen molar-refractivity contribution >= 4 is 11.6 Å². The molecule has 1 aliphatic carbocycles. The Morgan fingerprint density at radius 2 is 2.20 bits per heavy atom. The zero-order chi connectivity index (χ0) is 10.7. The van der Waals surface area contributed by atoms with Gasteiger partial charge < -0.3 is 5.32 Å². The minimum atomic E-state index is -0.293. The molecule has 0 bridgehead atoms. The highest BCUT2D eigenvalue weighted by Crippen LogP contribution is 2.31. The predicted molar refractivity (Wildman–Crippen MR) is 60.5 cm³/mol. The van der Waals surface area contributed by atoms with Crippen molar-refractivity contribution in [3.05, 3.63) is 34.6 Å². The van der Waals surface area contributed by atoms with Gasteiger partial charge in [-0.15, -0.1) is 0 Å². The van der Waals surface area contributed by atoms with E-state index in [9.17, 15) is 4.39 Å². The van der Waals surface area contributed by atoms with E-state index in [0.717, 1.165) is 12.5 Å². The molecule has 1 aromatic carbocycles. The zero-order valence-corrected chi connectivity index (χ0v) is 9.36. The largest absolute Gasteiger partial charge is 0.313 e. The Balaban J connectivity index is 1.78. The summed E-state index contributed by atoms with van der Waals surface area (Å²) in [6.45, 7) is 1.54. The van der Waals surface area contributed by atoms with Gasteiger partial charge in [0, 0.05) is 12.1 Å². The van der Waals surface area contributed by atoms with Gasteiger partial charge >= 0.3 is 0 Å². The third-order valence-corrected chi connectivity index (χ3v) is 3.07. The molecular weight excluding hydrogens is 213 g/mol. The fraction of sp³-hybridized carbons (Fsp3) is 0.500. The van der Waals surface area contributed by atoms with Crippen molar-refractivity contribution in [1.82, 2.24) is 5.32 Å². The highest BCUT2D eigenvalue weighted by Gasteiger charge is 2.20. The van der Waals surface area contributed by atoms with Crippen molar-refractivity contribution in [2.24, 2.45) is 5.92 Å². The van der Waals surface area contributed by atoms with Crippen LogP contribution in [0.15, 0.2) is 18.2 Å². The van der Waals surface area contributed by atoms with Crippen molar-refractivity contribution in [1.29, 1.82) is 0 Å². The first kappa shape index (κ1) is 10.9. The number of hydrogen-bond donors (Lipinski definition) is 1. The van der Waals surface area contributed by atoms with Crippen LogP contribution in [0, 0.1) is 11.7 Å². The monoisotopic (exact) mass is 227 g/mol. The van der Waals surface area contributed by atoms with Crippen LogP contribution >= 0.6 is 11.6 Å². The summed E-state index contributed by atoms with van der Waals surface area (Å²) in [5.41, 5.74) is 0.651. The van der Waals surface area contributed by atoms with Crippen LogP contribution in [-0.4, -0.2) is 6.54 Å². The molecule has 1 aromatic rings. The molecule has 82 valence electrons. The predicted octanol–water partition coefficient (Wildman–Crippen LogP) is 3.37. The number of benzene rings is 1. The van der Waals surface area contributed by atoms with Crippen molar-refractivity contribution in [2.45, 2.75) is 25.8 Å². The summed E-state index contributed by atoms with van der Waals surface area (Å²) >= 11 is 5.68. The second-order valence-electron chi connectivity index (χ2n) is 4.12. The van der Waals surface area contributed by atoms with Crippen molar-refractivity contribution < 1.29 is 4.39 Å². The van der Waals surface area contributed by atoms with Crippen LogP contribution in [0.3, 0.4) is 0 Å². The first-order valence-electron chi connectivity index (χ1n) is 5.41. The van der Waals surface area contributed by atoms with Crippen molar-refractivity contribution in [3.8, 4) is 0 Å². The molecule has 1 aliphatic rings. The van der Waals surface area contributed by atoms with E-state index in [2.05, 4.69) is 5.32 Å². The molecule has 1 N–H and O–H groups in total. The standard InChI is InChI=1S/C12H15ClFN/c13-11-3-1-2-10(12(11)14)8-15-7-6-9-4-5-9/h1-3,9,15H,4-8H2. The number of hydrogen-bond acceptors (Lipinski definition) is 1. The Morgan fingerprint density at radius 1 is 1.40 bits per heavy atom. The minimum Gasteiger partial charge on any atom is -0.313 e. The summed E-state index contributed by atoms with van der Waals surface area (Å²) in [7, 11) is 0. The molecule has 1 saturated carbocycles. The van der Waals surface area contributed by atoms with E-state index >= 15 is 0 Å². The van der Waals surface area contributed by atoms with Crippen molar-refractivity contribution in [3.63, 3.8) is 0 Å². The smallest absolute Gasteiger partial charge is 0.146 e. The van der Waals surface area contributed by atoms with Crippen LogP contribution in [-0.2, 0) is 6.54 Å². The third kappa shape index (κ3) is 3.18. The lowest BCUT2D eigenvalue weighted by Crippen LogP contribution is -2.16. The van der Waals surface area contributed by atoms with E-state index < -0.39 is 0 Å². The lowest BCUT2D eigenvalue weighted by atomic mass is 10.2. The second kappa shape index (κ2) is 4.95. The topological polar surface area (TPSA) is 12.0 Å². The lowest BCUT2D eigenvalue weighted by Gasteiger charge is -2.06. The molecule has 0 heterocycles.